The molecule has 0 heterocycles. The van der Waals surface area contributed by atoms with Gasteiger partial charge in [0, 0.05) is 0 Å². The number of halogens is 1. The Bertz CT molecular complexity index is 106. The second-order valence-corrected chi connectivity index (χ2v) is 2.71. The van der Waals surface area contributed by atoms with E-state index in [1.165, 1.54) is 4.90 Å². The highest BCUT2D eigenvalue weighted by molar-refractivity contribution is 6.27. The number of amides is 1. The highest BCUT2D eigenvalue weighted by Crippen LogP contribution is 1.71. The predicted molar refractivity (Wildman–Crippen MR) is 41.4 cm³/mol. The van der Waals surface area contributed by atoms with Gasteiger partial charge in [0.2, 0.25) is 5.91 Å². The molecule has 10 heavy (non-hydrogen) atoms. The summed E-state index contributed by atoms with van der Waals surface area (Å²) < 4.78 is 0. The first-order chi connectivity index (χ1) is 4.66. The van der Waals surface area contributed by atoms with Gasteiger partial charge in [0.25, 0.3) is 0 Å². The Balaban J connectivity index is 3.12. The molecule has 0 atom stereocenters. The van der Waals surface area contributed by atoms with Gasteiger partial charge in [-0.1, -0.05) is 0 Å². The van der Waals surface area contributed by atoms with Gasteiger partial charge in [0.1, 0.15) is 5.88 Å². The number of carbonyl (C=O) groups excluding carboxylic acids is 1. The second kappa shape index (κ2) is 5.50. The lowest BCUT2D eigenvalue weighted by atomic mass is 10.5. The SMILES string of the molecule is C[NH+](C)CCNC(=O)CCl. The monoisotopic (exact) mass is 165 g/mol. The zero-order chi connectivity index (χ0) is 7.98. The molecule has 0 saturated carbocycles. The maximum atomic E-state index is 10.5. The van der Waals surface area contributed by atoms with Crippen molar-refractivity contribution in [3.05, 3.63) is 0 Å². The van der Waals surface area contributed by atoms with Crippen LogP contribution in [0.25, 0.3) is 0 Å². The average Bonchev–Trinajstić information content (AvgIpc) is 1.87. The van der Waals surface area contributed by atoms with Crippen molar-refractivity contribution in [3.8, 4) is 0 Å². The van der Waals surface area contributed by atoms with Crippen molar-refractivity contribution in [2.24, 2.45) is 0 Å². The number of carbonyl (C=O) groups is 1. The van der Waals surface area contributed by atoms with Crippen LogP contribution in [0.5, 0.6) is 0 Å². The lowest BCUT2D eigenvalue weighted by molar-refractivity contribution is -0.856. The van der Waals surface area contributed by atoms with Crippen molar-refractivity contribution < 1.29 is 9.69 Å². The largest absolute Gasteiger partial charge is 0.349 e. The molecule has 3 nitrogen and oxygen atoms in total. The lowest BCUT2D eigenvalue weighted by Crippen LogP contribution is -3.06. The van der Waals surface area contributed by atoms with Crippen molar-refractivity contribution in [1.29, 1.82) is 0 Å². The number of alkyl halides is 1. The fourth-order valence-electron chi connectivity index (χ4n) is 0.499. The Hall–Kier alpha value is -0.280. The van der Waals surface area contributed by atoms with Crippen LogP contribution < -0.4 is 10.2 Å². The van der Waals surface area contributed by atoms with E-state index in [1.54, 1.807) is 0 Å². The summed E-state index contributed by atoms with van der Waals surface area (Å²) in [5, 5.41) is 2.67. The molecule has 0 saturated heterocycles. The summed E-state index contributed by atoms with van der Waals surface area (Å²) in [6, 6.07) is 0. The molecule has 0 aromatic rings. The lowest BCUT2D eigenvalue weighted by Gasteiger charge is -2.06. The third-order valence-corrected chi connectivity index (χ3v) is 1.31. The second-order valence-electron chi connectivity index (χ2n) is 2.44. The summed E-state index contributed by atoms with van der Waals surface area (Å²) in [4.78, 5) is 11.9. The summed E-state index contributed by atoms with van der Waals surface area (Å²) in [6.07, 6.45) is 0. The zero-order valence-corrected chi connectivity index (χ0v) is 7.16. The summed E-state index contributed by atoms with van der Waals surface area (Å²) in [5.74, 6) is -0.0362. The quantitative estimate of drug-likeness (QED) is 0.488. The molecule has 0 rings (SSSR count). The molecule has 0 radical (unpaired) electrons. The standard InChI is InChI=1S/C6H13ClN2O/c1-9(2)4-3-8-6(10)5-7/h3-5H2,1-2H3,(H,8,10)/p+1. The van der Waals surface area contributed by atoms with E-state index in [1.807, 2.05) is 14.1 Å². The Morgan fingerprint density at radius 2 is 2.20 bits per heavy atom. The average molecular weight is 166 g/mol. The van der Waals surface area contributed by atoms with Gasteiger partial charge >= 0.3 is 0 Å². The van der Waals surface area contributed by atoms with Crippen molar-refractivity contribution in [3.63, 3.8) is 0 Å². The summed E-state index contributed by atoms with van der Waals surface area (Å²) in [5.41, 5.74) is 0. The fourth-order valence-corrected chi connectivity index (χ4v) is 0.594. The molecule has 2 N–H and O–H groups in total. The summed E-state index contributed by atoms with van der Waals surface area (Å²) in [6.45, 7) is 1.64. The van der Waals surface area contributed by atoms with E-state index in [9.17, 15) is 4.79 Å². The molecule has 0 aliphatic heterocycles. The van der Waals surface area contributed by atoms with E-state index in [2.05, 4.69) is 5.32 Å². The molecular weight excluding hydrogens is 152 g/mol. The van der Waals surface area contributed by atoms with Crippen LogP contribution in [-0.2, 0) is 4.79 Å². The van der Waals surface area contributed by atoms with Gasteiger partial charge in [-0.25, -0.2) is 0 Å². The molecule has 0 spiro atoms. The van der Waals surface area contributed by atoms with E-state index < -0.39 is 0 Å². The van der Waals surface area contributed by atoms with Gasteiger partial charge in [-0.15, -0.1) is 11.6 Å². The minimum absolute atomic E-state index is 0.0583. The number of hydrogen-bond acceptors (Lipinski definition) is 1. The van der Waals surface area contributed by atoms with Crippen LogP contribution in [0.2, 0.25) is 0 Å². The zero-order valence-electron chi connectivity index (χ0n) is 6.41. The van der Waals surface area contributed by atoms with Gasteiger partial charge in [-0.05, 0) is 0 Å². The van der Waals surface area contributed by atoms with Gasteiger partial charge in [-0.2, -0.15) is 0 Å². The van der Waals surface area contributed by atoms with Gasteiger partial charge in [0.15, 0.2) is 0 Å². The van der Waals surface area contributed by atoms with Gasteiger partial charge in [0.05, 0.1) is 27.2 Å². The molecule has 0 unspecified atom stereocenters. The van der Waals surface area contributed by atoms with Gasteiger partial charge in [-0.3, -0.25) is 4.79 Å². The highest BCUT2D eigenvalue weighted by Gasteiger charge is 1.97. The first kappa shape index (κ1) is 9.72. The molecular formula is C6H14ClN2O+. The fraction of sp³-hybridized carbons (Fsp3) is 0.833. The van der Waals surface area contributed by atoms with Crippen LogP contribution in [0.1, 0.15) is 0 Å². The number of likely N-dealkylation sites (N-methyl/N-ethyl adjacent to an activating group) is 1. The van der Waals surface area contributed by atoms with Crippen molar-refractivity contribution in [2.75, 3.05) is 33.1 Å². The number of nitrogens with one attached hydrogen (secondary N) is 2. The van der Waals surface area contributed by atoms with E-state index >= 15 is 0 Å². The maximum absolute atomic E-state index is 10.5. The first-order valence-corrected chi connectivity index (χ1v) is 3.82. The molecule has 0 aromatic carbocycles. The number of quaternary nitrogens is 1. The van der Waals surface area contributed by atoms with E-state index in [-0.39, 0.29) is 11.8 Å². The number of rotatable bonds is 4. The van der Waals surface area contributed by atoms with Crippen LogP contribution in [0.3, 0.4) is 0 Å². The molecule has 60 valence electrons. The molecule has 0 aromatic heterocycles. The molecule has 0 aliphatic carbocycles. The Morgan fingerprint density at radius 1 is 1.60 bits per heavy atom. The summed E-state index contributed by atoms with van der Waals surface area (Å²) >= 11 is 5.25. The molecule has 1 amide bonds. The first-order valence-electron chi connectivity index (χ1n) is 3.28. The third kappa shape index (κ3) is 5.85. The van der Waals surface area contributed by atoms with Crippen LogP contribution in [0.4, 0.5) is 0 Å². The van der Waals surface area contributed by atoms with E-state index in [0.29, 0.717) is 6.54 Å². The third-order valence-electron chi connectivity index (χ3n) is 1.07. The minimum Gasteiger partial charge on any atom is -0.349 e. The van der Waals surface area contributed by atoms with Crippen molar-refractivity contribution in [1.82, 2.24) is 5.32 Å². The topological polar surface area (TPSA) is 33.5 Å². The van der Waals surface area contributed by atoms with Crippen LogP contribution in [-0.4, -0.2) is 39.0 Å². The highest BCUT2D eigenvalue weighted by atomic mass is 35.5. The van der Waals surface area contributed by atoms with Crippen LogP contribution in [0.15, 0.2) is 0 Å². The Labute approximate surface area is 66.3 Å². The molecule has 4 heteroatoms. The Morgan fingerprint density at radius 3 is 2.60 bits per heavy atom. The van der Waals surface area contributed by atoms with Crippen molar-refractivity contribution in [2.45, 2.75) is 0 Å². The molecule has 0 fully saturated rings. The van der Waals surface area contributed by atoms with Gasteiger partial charge < -0.3 is 10.2 Å². The van der Waals surface area contributed by atoms with Crippen molar-refractivity contribution >= 4 is 17.5 Å². The van der Waals surface area contributed by atoms with Crippen LogP contribution >= 0.6 is 11.6 Å². The van der Waals surface area contributed by atoms with Crippen LogP contribution in [0, 0.1) is 0 Å². The maximum Gasteiger partial charge on any atom is 0.235 e. The smallest absolute Gasteiger partial charge is 0.235 e. The number of hydrogen-bond donors (Lipinski definition) is 2. The Kier molecular flexibility index (Phi) is 5.35. The molecule has 0 bridgehead atoms. The predicted octanol–water partition coefficient (Wildman–Crippen LogP) is -1.51. The minimum atomic E-state index is -0.0945. The molecule has 0 aliphatic rings. The summed E-state index contributed by atoms with van der Waals surface area (Å²) in [7, 11) is 4.07. The van der Waals surface area contributed by atoms with E-state index in [0.717, 1.165) is 6.54 Å². The van der Waals surface area contributed by atoms with E-state index in [4.69, 9.17) is 11.6 Å². The normalized spacial score (nSPS) is 10.0.